The van der Waals surface area contributed by atoms with Crippen molar-refractivity contribution in [3.63, 3.8) is 0 Å². The maximum absolute atomic E-state index is 12.4. The molecule has 2 unspecified atom stereocenters. The molecule has 0 radical (unpaired) electrons. The van der Waals surface area contributed by atoms with Crippen molar-refractivity contribution < 1.29 is 13.5 Å². The second kappa shape index (κ2) is 8.51. The molecule has 1 heterocycles. The highest BCUT2D eigenvalue weighted by molar-refractivity contribution is 5.85. The Morgan fingerprint density at radius 2 is 2.10 bits per heavy atom. The molecule has 6 heteroatoms. The van der Waals surface area contributed by atoms with Gasteiger partial charge in [-0.05, 0) is 31.4 Å². The molecule has 0 saturated carbocycles. The van der Waals surface area contributed by atoms with E-state index in [0.29, 0.717) is 25.0 Å². The normalized spacial score (nSPS) is 22.9. The molecule has 1 aliphatic rings. The lowest BCUT2D eigenvalue weighted by Gasteiger charge is -2.39. The van der Waals surface area contributed by atoms with Crippen LogP contribution >= 0.6 is 12.4 Å². The number of hydrogen-bond donors (Lipinski definition) is 1. The molecule has 1 aromatic rings. The third kappa shape index (κ3) is 4.80. The average molecular weight is 321 g/mol. The quantitative estimate of drug-likeness (QED) is 0.905. The molecule has 1 fully saturated rings. The molecule has 1 aromatic carbocycles. The van der Waals surface area contributed by atoms with E-state index in [-0.39, 0.29) is 18.2 Å². The Hall–Kier alpha value is -0.910. The molecule has 0 amide bonds. The van der Waals surface area contributed by atoms with Gasteiger partial charge in [0.15, 0.2) is 0 Å². The zero-order valence-corrected chi connectivity index (χ0v) is 13.0. The number of nitrogens with zero attached hydrogens (tertiary/aromatic N) is 1. The van der Waals surface area contributed by atoms with Crippen molar-refractivity contribution in [1.29, 1.82) is 0 Å². The Labute approximate surface area is 130 Å². The van der Waals surface area contributed by atoms with Crippen LogP contribution in [0.2, 0.25) is 0 Å². The molecular formula is C15H23ClF2N2O. The van der Waals surface area contributed by atoms with Crippen LogP contribution in [0, 0.1) is 5.92 Å². The summed E-state index contributed by atoms with van der Waals surface area (Å²) < 4.78 is 29.4. The lowest BCUT2D eigenvalue weighted by atomic mass is 9.90. The second-order valence-electron chi connectivity index (χ2n) is 5.38. The summed E-state index contributed by atoms with van der Waals surface area (Å²) in [6, 6.07) is 7.29. The van der Waals surface area contributed by atoms with Crippen LogP contribution in [-0.4, -0.2) is 30.6 Å². The Kier molecular flexibility index (Phi) is 7.35. The smallest absolute Gasteiger partial charge is 0.387 e. The summed E-state index contributed by atoms with van der Waals surface area (Å²) in [6.07, 6.45) is 2.29. The van der Waals surface area contributed by atoms with E-state index in [1.54, 1.807) is 12.1 Å². The number of halogens is 3. The lowest BCUT2D eigenvalue weighted by molar-refractivity contribution is -0.0510. The van der Waals surface area contributed by atoms with E-state index in [4.69, 9.17) is 5.73 Å². The lowest BCUT2D eigenvalue weighted by Crippen LogP contribution is -2.48. The first kappa shape index (κ1) is 18.1. The molecule has 2 N–H and O–H groups in total. The first-order valence-corrected chi connectivity index (χ1v) is 7.08. The molecule has 3 nitrogen and oxygen atoms in total. The molecule has 1 saturated heterocycles. The number of piperidine rings is 1. The third-order valence-corrected chi connectivity index (χ3v) is 4.03. The van der Waals surface area contributed by atoms with Gasteiger partial charge >= 0.3 is 6.61 Å². The van der Waals surface area contributed by atoms with Crippen LogP contribution in [-0.2, 0) is 6.54 Å². The first-order valence-electron chi connectivity index (χ1n) is 7.08. The van der Waals surface area contributed by atoms with Gasteiger partial charge in [0.25, 0.3) is 0 Å². The van der Waals surface area contributed by atoms with E-state index in [1.807, 2.05) is 12.1 Å². The van der Waals surface area contributed by atoms with Gasteiger partial charge < -0.3 is 10.5 Å². The molecule has 0 spiro atoms. The second-order valence-corrected chi connectivity index (χ2v) is 5.38. The van der Waals surface area contributed by atoms with E-state index >= 15 is 0 Å². The molecule has 120 valence electrons. The van der Waals surface area contributed by atoms with Crippen LogP contribution in [0.5, 0.6) is 5.75 Å². The van der Waals surface area contributed by atoms with Crippen LogP contribution in [0.3, 0.4) is 0 Å². The van der Waals surface area contributed by atoms with E-state index in [2.05, 4.69) is 16.6 Å². The van der Waals surface area contributed by atoms with Gasteiger partial charge in [0, 0.05) is 24.7 Å². The fraction of sp³-hybridized carbons (Fsp3) is 0.600. The van der Waals surface area contributed by atoms with Crippen LogP contribution in [0.1, 0.15) is 25.3 Å². The minimum Gasteiger partial charge on any atom is -0.434 e. The van der Waals surface area contributed by atoms with Crippen molar-refractivity contribution in [3.05, 3.63) is 29.8 Å². The number of rotatable bonds is 5. The van der Waals surface area contributed by atoms with Crippen molar-refractivity contribution in [3.8, 4) is 5.75 Å². The van der Waals surface area contributed by atoms with Crippen molar-refractivity contribution in [2.75, 3.05) is 13.1 Å². The highest BCUT2D eigenvalue weighted by Gasteiger charge is 2.27. The zero-order chi connectivity index (χ0) is 14.5. The van der Waals surface area contributed by atoms with Gasteiger partial charge in [-0.25, -0.2) is 0 Å². The maximum Gasteiger partial charge on any atom is 0.387 e. The maximum atomic E-state index is 12.4. The number of likely N-dealkylation sites (tertiary alicyclic amines) is 1. The van der Waals surface area contributed by atoms with Crippen LogP contribution in [0.15, 0.2) is 24.3 Å². The number of alkyl halides is 2. The summed E-state index contributed by atoms with van der Waals surface area (Å²) in [5.74, 6) is 0.799. The molecule has 0 aliphatic carbocycles. The number of ether oxygens (including phenoxy) is 1. The summed E-state index contributed by atoms with van der Waals surface area (Å²) in [6.45, 7) is 1.57. The predicted molar refractivity (Wildman–Crippen MR) is 82.0 cm³/mol. The van der Waals surface area contributed by atoms with Crippen molar-refractivity contribution in [2.45, 2.75) is 39.0 Å². The summed E-state index contributed by atoms with van der Waals surface area (Å²) in [5, 5.41) is 0. The molecule has 2 atom stereocenters. The Balaban J connectivity index is 0.00000220. The van der Waals surface area contributed by atoms with E-state index in [9.17, 15) is 8.78 Å². The topological polar surface area (TPSA) is 38.5 Å². The van der Waals surface area contributed by atoms with Crippen molar-refractivity contribution >= 4 is 12.4 Å². The largest absolute Gasteiger partial charge is 0.434 e. The first-order chi connectivity index (χ1) is 9.61. The van der Waals surface area contributed by atoms with Gasteiger partial charge in [-0.2, -0.15) is 8.78 Å². The predicted octanol–water partition coefficient (Wildman–Crippen LogP) is 3.27. The molecule has 0 bridgehead atoms. The van der Waals surface area contributed by atoms with Gasteiger partial charge in [0.2, 0.25) is 0 Å². The van der Waals surface area contributed by atoms with Crippen molar-refractivity contribution in [1.82, 2.24) is 4.90 Å². The highest BCUT2D eigenvalue weighted by Crippen LogP contribution is 2.27. The molecule has 1 aliphatic heterocycles. The monoisotopic (exact) mass is 320 g/mol. The van der Waals surface area contributed by atoms with Gasteiger partial charge in [-0.1, -0.05) is 25.1 Å². The minimum absolute atomic E-state index is 0. The summed E-state index contributed by atoms with van der Waals surface area (Å²) in [4.78, 5) is 2.28. The molecule has 2 rings (SSSR count). The fourth-order valence-corrected chi connectivity index (χ4v) is 2.98. The van der Waals surface area contributed by atoms with Gasteiger partial charge in [-0.3, -0.25) is 4.90 Å². The number of nitrogens with two attached hydrogens (primary N) is 1. The summed E-state index contributed by atoms with van der Waals surface area (Å²) in [7, 11) is 0. The van der Waals surface area contributed by atoms with Gasteiger partial charge in [0.05, 0.1) is 0 Å². The van der Waals surface area contributed by atoms with E-state index < -0.39 is 6.61 Å². The third-order valence-electron chi connectivity index (χ3n) is 4.03. The molecule has 21 heavy (non-hydrogen) atoms. The van der Waals surface area contributed by atoms with Crippen LogP contribution in [0.25, 0.3) is 0 Å². The van der Waals surface area contributed by atoms with Crippen molar-refractivity contribution in [2.24, 2.45) is 11.7 Å². The number of para-hydroxylation sites is 1. The summed E-state index contributed by atoms with van der Waals surface area (Å²) >= 11 is 0. The number of benzene rings is 1. The van der Waals surface area contributed by atoms with Crippen LogP contribution < -0.4 is 10.5 Å². The number of hydrogen-bond acceptors (Lipinski definition) is 3. The summed E-state index contributed by atoms with van der Waals surface area (Å²) in [5.41, 5.74) is 6.66. The highest BCUT2D eigenvalue weighted by atomic mass is 35.5. The Bertz CT molecular complexity index is 434. The molecule has 0 aromatic heterocycles. The average Bonchev–Trinajstić information content (AvgIpc) is 2.41. The fourth-order valence-electron chi connectivity index (χ4n) is 2.98. The minimum atomic E-state index is -2.79. The van der Waals surface area contributed by atoms with Gasteiger partial charge in [-0.15, -0.1) is 12.4 Å². The Morgan fingerprint density at radius 3 is 2.76 bits per heavy atom. The van der Waals surface area contributed by atoms with Gasteiger partial charge in [0.1, 0.15) is 5.75 Å². The zero-order valence-electron chi connectivity index (χ0n) is 12.2. The standard InChI is InChI=1S/C15H22F2N2O.ClH/c1-11-5-4-8-19(13(11)9-18)10-12-6-2-3-7-14(12)20-15(16)17;/h2-3,6-7,11,13,15H,4-5,8-10,18H2,1H3;1H. The Morgan fingerprint density at radius 1 is 1.38 bits per heavy atom. The molecular weight excluding hydrogens is 298 g/mol. The van der Waals surface area contributed by atoms with E-state index in [0.717, 1.165) is 18.5 Å². The van der Waals surface area contributed by atoms with E-state index in [1.165, 1.54) is 6.42 Å². The SMILES string of the molecule is CC1CCCN(Cc2ccccc2OC(F)F)C1CN.Cl. The van der Waals surface area contributed by atoms with Crippen LogP contribution in [0.4, 0.5) is 8.78 Å².